The zero-order chi connectivity index (χ0) is 23.9. The van der Waals surface area contributed by atoms with Crippen molar-refractivity contribution in [3.8, 4) is 0 Å². The molecule has 1 amide bonds. The maximum atomic E-state index is 13.0. The fraction of sp³-hybridized carbons (Fsp3) is 0.250. The molecule has 1 aromatic carbocycles. The summed E-state index contributed by atoms with van der Waals surface area (Å²) in [5.41, 5.74) is 3.32. The summed E-state index contributed by atoms with van der Waals surface area (Å²) >= 11 is 0. The van der Waals surface area contributed by atoms with Gasteiger partial charge >= 0.3 is 6.18 Å². The Morgan fingerprint density at radius 3 is 2.85 bits per heavy atom. The van der Waals surface area contributed by atoms with Crippen LogP contribution in [-0.4, -0.2) is 38.6 Å². The summed E-state index contributed by atoms with van der Waals surface area (Å²) in [6.07, 6.45) is 3.69. The topological polar surface area (TPSA) is 75.4 Å². The molecule has 174 valence electrons. The van der Waals surface area contributed by atoms with Crippen molar-refractivity contribution in [3.05, 3.63) is 83.6 Å². The van der Waals surface area contributed by atoms with Crippen molar-refractivity contribution in [2.45, 2.75) is 25.4 Å². The number of rotatable bonds is 4. The number of nitrogens with zero attached hydrogens (tertiary/aromatic N) is 5. The fourth-order valence-electron chi connectivity index (χ4n) is 4.36. The van der Waals surface area contributed by atoms with Crippen molar-refractivity contribution in [1.29, 1.82) is 0 Å². The molecule has 1 saturated heterocycles. The Bertz CT molecular complexity index is 1370. The van der Waals surface area contributed by atoms with Crippen LogP contribution >= 0.6 is 0 Å². The number of fused-ring (bicyclic) bond motifs is 1. The number of halogens is 3. The number of carbonyl (C=O) groups is 1. The lowest BCUT2D eigenvalue weighted by molar-refractivity contribution is -0.137. The molecule has 7 nitrogen and oxygen atoms in total. The Hall–Kier alpha value is -3.95. The number of pyridine rings is 1. The van der Waals surface area contributed by atoms with E-state index in [2.05, 4.69) is 25.3 Å². The lowest BCUT2D eigenvalue weighted by Crippen LogP contribution is -2.19. The molecule has 0 saturated carbocycles. The van der Waals surface area contributed by atoms with Crippen molar-refractivity contribution in [3.63, 3.8) is 0 Å². The maximum absolute atomic E-state index is 13.0. The minimum absolute atomic E-state index is 0.00502. The van der Waals surface area contributed by atoms with E-state index in [9.17, 15) is 18.0 Å². The Labute approximate surface area is 193 Å². The number of alkyl halides is 3. The first-order valence-electron chi connectivity index (χ1n) is 10.8. The van der Waals surface area contributed by atoms with E-state index < -0.39 is 17.6 Å². The average Bonchev–Trinajstić information content (AvgIpc) is 3.46. The summed E-state index contributed by atoms with van der Waals surface area (Å²) < 4.78 is 40.6. The molecule has 5 rings (SSSR count). The number of aryl methyl sites for hydroxylation is 1. The van der Waals surface area contributed by atoms with E-state index in [1.54, 1.807) is 16.8 Å². The van der Waals surface area contributed by atoms with Crippen molar-refractivity contribution < 1.29 is 18.0 Å². The van der Waals surface area contributed by atoms with Crippen LogP contribution in [0.25, 0.3) is 5.65 Å². The van der Waals surface area contributed by atoms with Gasteiger partial charge in [-0.3, -0.25) is 9.78 Å². The second-order valence-electron chi connectivity index (χ2n) is 8.33. The van der Waals surface area contributed by atoms with E-state index in [0.29, 0.717) is 5.56 Å². The van der Waals surface area contributed by atoms with Crippen molar-refractivity contribution in [1.82, 2.24) is 19.6 Å². The quantitative estimate of drug-likeness (QED) is 0.472. The minimum Gasteiger partial charge on any atom is -0.367 e. The van der Waals surface area contributed by atoms with E-state index in [1.165, 1.54) is 6.20 Å². The van der Waals surface area contributed by atoms with Gasteiger partial charge in [0, 0.05) is 43.2 Å². The molecule has 1 fully saturated rings. The van der Waals surface area contributed by atoms with Crippen LogP contribution in [-0.2, 0) is 6.18 Å². The summed E-state index contributed by atoms with van der Waals surface area (Å²) in [6.45, 7) is 3.57. The third-order valence-electron chi connectivity index (χ3n) is 6.09. The normalized spacial score (nSPS) is 16.2. The van der Waals surface area contributed by atoms with Crippen molar-refractivity contribution >= 4 is 22.9 Å². The zero-order valence-corrected chi connectivity index (χ0v) is 18.3. The number of anilines is 2. The zero-order valence-electron chi connectivity index (χ0n) is 18.3. The van der Waals surface area contributed by atoms with Gasteiger partial charge in [-0.15, -0.1) is 0 Å². The first kappa shape index (κ1) is 21.9. The molecule has 1 aliphatic rings. The second kappa shape index (κ2) is 8.44. The largest absolute Gasteiger partial charge is 0.417 e. The molecule has 0 spiro atoms. The Morgan fingerprint density at radius 1 is 1.18 bits per heavy atom. The number of nitrogens with one attached hydrogen (secondary N) is 1. The first-order valence-corrected chi connectivity index (χ1v) is 10.8. The molecule has 10 heteroatoms. The number of amides is 1. The third kappa shape index (κ3) is 4.18. The molecule has 34 heavy (non-hydrogen) atoms. The number of carbonyl (C=O) groups excluding carboxylic acids is 1. The van der Waals surface area contributed by atoms with Crippen LogP contribution in [0.2, 0.25) is 0 Å². The van der Waals surface area contributed by atoms with E-state index >= 15 is 0 Å². The maximum Gasteiger partial charge on any atom is 0.417 e. The van der Waals surface area contributed by atoms with Crippen LogP contribution < -0.4 is 10.2 Å². The molecular weight excluding hydrogens is 445 g/mol. The summed E-state index contributed by atoms with van der Waals surface area (Å²) in [6, 6.07) is 8.07. The van der Waals surface area contributed by atoms with Gasteiger partial charge in [0.05, 0.1) is 23.6 Å². The summed E-state index contributed by atoms with van der Waals surface area (Å²) in [7, 11) is 0. The van der Waals surface area contributed by atoms with Crippen LogP contribution in [0.5, 0.6) is 0 Å². The lowest BCUT2D eigenvalue weighted by atomic mass is 9.92. The SMILES string of the molecule is Cc1ccc(C(=O)Nc2cncc(C(F)(F)F)c2)cc1C1CCN(c2cnn3cccnc23)C1. The molecule has 0 radical (unpaired) electrons. The van der Waals surface area contributed by atoms with E-state index in [0.717, 1.165) is 54.2 Å². The van der Waals surface area contributed by atoms with Gasteiger partial charge in [-0.1, -0.05) is 6.07 Å². The molecule has 0 bridgehead atoms. The van der Waals surface area contributed by atoms with Gasteiger partial charge in [-0.25, -0.2) is 9.50 Å². The van der Waals surface area contributed by atoms with Crippen LogP contribution in [0.1, 0.15) is 39.4 Å². The van der Waals surface area contributed by atoms with Crippen LogP contribution in [0.15, 0.2) is 61.3 Å². The Balaban J connectivity index is 1.35. The number of hydrogen-bond acceptors (Lipinski definition) is 5. The molecule has 1 atom stereocenters. The van der Waals surface area contributed by atoms with Crippen LogP contribution in [0.4, 0.5) is 24.5 Å². The molecule has 0 aliphatic carbocycles. The number of benzene rings is 1. The molecule has 4 aromatic rings. The van der Waals surface area contributed by atoms with Gasteiger partial charge in [0.1, 0.15) is 5.69 Å². The van der Waals surface area contributed by atoms with Gasteiger partial charge in [0.2, 0.25) is 0 Å². The first-order chi connectivity index (χ1) is 16.3. The van der Waals surface area contributed by atoms with Gasteiger partial charge < -0.3 is 10.2 Å². The number of aromatic nitrogens is 4. The predicted molar refractivity (Wildman–Crippen MR) is 121 cm³/mol. The van der Waals surface area contributed by atoms with E-state index in [1.807, 2.05) is 37.5 Å². The van der Waals surface area contributed by atoms with Gasteiger partial charge in [0.25, 0.3) is 5.91 Å². The molecular formula is C24H21F3N6O. The van der Waals surface area contributed by atoms with Gasteiger partial charge in [0.15, 0.2) is 5.65 Å². The van der Waals surface area contributed by atoms with Crippen molar-refractivity contribution in [2.24, 2.45) is 0 Å². The molecule has 1 N–H and O–H groups in total. The highest BCUT2D eigenvalue weighted by Gasteiger charge is 2.31. The van der Waals surface area contributed by atoms with Crippen LogP contribution in [0, 0.1) is 6.92 Å². The highest BCUT2D eigenvalue weighted by atomic mass is 19.4. The van der Waals surface area contributed by atoms with Gasteiger partial charge in [-0.2, -0.15) is 18.3 Å². The molecule has 1 aliphatic heterocycles. The predicted octanol–water partition coefficient (Wildman–Crippen LogP) is 4.70. The van der Waals surface area contributed by atoms with Crippen molar-refractivity contribution in [2.75, 3.05) is 23.3 Å². The standard InChI is InChI=1S/C24H21F3N6O/c1-15-3-4-16(23(34)31-19-10-18(11-28-12-19)24(25,26)27)9-20(15)17-5-8-32(14-17)21-13-30-33-7-2-6-29-22(21)33/h2-4,6-7,9-13,17H,5,8,14H2,1H3,(H,31,34). The summed E-state index contributed by atoms with van der Waals surface area (Å²) in [4.78, 5) is 23.1. The summed E-state index contributed by atoms with van der Waals surface area (Å²) in [5.74, 6) is -0.286. The Morgan fingerprint density at radius 2 is 2.03 bits per heavy atom. The van der Waals surface area contributed by atoms with E-state index in [-0.39, 0.29) is 11.6 Å². The molecule has 1 unspecified atom stereocenters. The number of hydrogen-bond donors (Lipinski definition) is 1. The monoisotopic (exact) mass is 466 g/mol. The average molecular weight is 466 g/mol. The van der Waals surface area contributed by atoms with Gasteiger partial charge in [-0.05, 0) is 48.7 Å². The summed E-state index contributed by atoms with van der Waals surface area (Å²) in [5, 5.41) is 6.89. The fourth-order valence-corrected chi connectivity index (χ4v) is 4.36. The lowest BCUT2D eigenvalue weighted by Gasteiger charge is -2.18. The Kier molecular flexibility index (Phi) is 5.43. The van der Waals surface area contributed by atoms with Crippen LogP contribution in [0.3, 0.4) is 0 Å². The highest BCUT2D eigenvalue weighted by molar-refractivity contribution is 6.04. The molecule has 4 heterocycles. The third-order valence-corrected chi connectivity index (χ3v) is 6.09. The highest BCUT2D eigenvalue weighted by Crippen LogP contribution is 2.34. The minimum atomic E-state index is -4.53. The molecule has 3 aromatic heterocycles. The van der Waals surface area contributed by atoms with E-state index in [4.69, 9.17) is 0 Å². The second-order valence-corrected chi connectivity index (χ2v) is 8.33. The smallest absolute Gasteiger partial charge is 0.367 e.